The molecule has 0 atom stereocenters. The second-order valence-corrected chi connectivity index (χ2v) is 4.95. The summed E-state index contributed by atoms with van der Waals surface area (Å²) in [6, 6.07) is 6.09. The van der Waals surface area contributed by atoms with Gasteiger partial charge in [0.2, 0.25) is 5.91 Å². The summed E-state index contributed by atoms with van der Waals surface area (Å²) < 4.78 is 0. The summed E-state index contributed by atoms with van der Waals surface area (Å²) in [6.45, 7) is 4.38. The molecular weight excluding hydrogens is 294 g/mol. The van der Waals surface area contributed by atoms with Gasteiger partial charge in [0.1, 0.15) is 0 Å². The molecule has 0 aromatic heterocycles. The summed E-state index contributed by atoms with van der Waals surface area (Å²) >= 11 is 0. The molecule has 1 rings (SSSR count). The third-order valence-corrected chi connectivity index (χ3v) is 3.53. The Morgan fingerprint density at radius 2 is 2.00 bits per heavy atom. The van der Waals surface area contributed by atoms with Crippen LogP contribution in [0.3, 0.4) is 0 Å². The van der Waals surface area contributed by atoms with Crippen molar-refractivity contribution in [3.8, 4) is 0 Å². The number of hydrogen-bond donors (Lipinski definition) is 2. The van der Waals surface area contributed by atoms with Gasteiger partial charge in [-0.3, -0.25) is 14.9 Å². The molecule has 118 valence electrons. The number of rotatable bonds is 7. The first kappa shape index (κ1) is 19.3. The highest BCUT2D eigenvalue weighted by Crippen LogP contribution is 2.14. The first-order valence-electron chi connectivity index (χ1n) is 6.69. The molecule has 0 heterocycles. The number of nitrogens with two attached hydrogens (primary N) is 1. The Bertz CT molecular complexity index is 490. The molecule has 0 fully saturated rings. The molecule has 0 radical (unpaired) electrons. The number of nitrogens with one attached hydrogen (secondary N) is 1. The highest BCUT2D eigenvalue weighted by Gasteiger charge is 2.20. The zero-order chi connectivity index (χ0) is 15.2. The van der Waals surface area contributed by atoms with Crippen molar-refractivity contribution in [2.45, 2.75) is 38.6 Å². The van der Waals surface area contributed by atoms with Crippen molar-refractivity contribution in [1.82, 2.24) is 5.32 Å². The lowest BCUT2D eigenvalue weighted by atomic mass is 9.94. The summed E-state index contributed by atoms with van der Waals surface area (Å²) in [5.41, 5.74) is 6.32. The standard InChI is InChI=1S/C14H21N3O3.ClH/c1-3-14(15,4-2)10-16-13(18)9-11-6-5-7-12(8-11)17(19)20;/h5-8H,3-4,9-10,15H2,1-2H3,(H,16,18);1H. The Hall–Kier alpha value is -1.66. The van der Waals surface area contributed by atoms with Gasteiger partial charge in [0.05, 0.1) is 11.3 Å². The van der Waals surface area contributed by atoms with Crippen LogP contribution < -0.4 is 11.1 Å². The zero-order valence-corrected chi connectivity index (χ0v) is 13.1. The Kier molecular flexibility index (Phi) is 7.91. The average molecular weight is 316 g/mol. The van der Waals surface area contributed by atoms with Crippen LogP contribution >= 0.6 is 12.4 Å². The molecule has 0 bridgehead atoms. The van der Waals surface area contributed by atoms with Gasteiger partial charge in [-0.1, -0.05) is 26.0 Å². The van der Waals surface area contributed by atoms with Gasteiger partial charge in [-0.25, -0.2) is 0 Å². The normalized spacial score (nSPS) is 10.6. The smallest absolute Gasteiger partial charge is 0.269 e. The molecule has 1 aromatic rings. The number of halogens is 1. The quantitative estimate of drug-likeness (QED) is 0.595. The van der Waals surface area contributed by atoms with E-state index in [2.05, 4.69) is 5.32 Å². The monoisotopic (exact) mass is 315 g/mol. The largest absolute Gasteiger partial charge is 0.354 e. The second-order valence-electron chi connectivity index (χ2n) is 4.95. The van der Waals surface area contributed by atoms with Crippen molar-refractivity contribution in [3.05, 3.63) is 39.9 Å². The highest BCUT2D eigenvalue weighted by molar-refractivity contribution is 5.85. The second kappa shape index (κ2) is 8.59. The van der Waals surface area contributed by atoms with E-state index in [4.69, 9.17) is 5.73 Å². The summed E-state index contributed by atoms with van der Waals surface area (Å²) in [4.78, 5) is 22.0. The Morgan fingerprint density at radius 3 is 2.52 bits per heavy atom. The van der Waals surface area contributed by atoms with Gasteiger partial charge in [-0.15, -0.1) is 12.4 Å². The van der Waals surface area contributed by atoms with Gasteiger partial charge in [0, 0.05) is 24.2 Å². The van der Waals surface area contributed by atoms with Crippen molar-refractivity contribution >= 4 is 24.0 Å². The fraction of sp³-hybridized carbons (Fsp3) is 0.500. The molecular formula is C14H22ClN3O3. The molecule has 0 aliphatic heterocycles. The third-order valence-electron chi connectivity index (χ3n) is 3.53. The van der Waals surface area contributed by atoms with Crippen LogP contribution in [0.15, 0.2) is 24.3 Å². The molecule has 1 amide bonds. The maximum Gasteiger partial charge on any atom is 0.269 e. The van der Waals surface area contributed by atoms with Gasteiger partial charge in [-0.2, -0.15) is 0 Å². The van der Waals surface area contributed by atoms with E-state index in [-0.39, 0.29) is 30.4 Å². The number of benzene rings is 1. The SMILES string of the molecule is CCC(N)(CC)CNC(=O)Cc1cccc([N+](=O)[O-])c1.Cl. The molecule has 1 aromatic carbocycles. The molecule has 21 heavy (non-hydrogen) atoms. The van der Waals surface area contributed by atoms with Crippen molar-refractivity contribution in [1.29, 1.82) is 0 Å². The van der Waals surface area contributed by atoms with Gasteiger partial charge in [-0.05, 0) is 18.4 Å². The van der Waals surface area contributed by atoms with Crippen LogP contribution in [0.4, 0.5) is 5.69 Å². The van der Waals surface area contributed by atoms with E-state index in [0.717, 1.165) is 12.8 Å². The van der Waals surface area contributed by atoms with Crippen LogP contribution in [0.5, 0.6) is 0 Å². The molecule has 0 unspecified atom stereocenters. The minimum absolute atomic E-state index is 0. The third kappa shape index (κ3) is 6.10. The number of carbonyl (C=O) groups excluding carboxylic acids is 1. The van der Waals surface area contributed by atoms with Crippen LogP contribution in [0.1, 0.15) is 32.3 Å². The summed E-state index contributed by atoms with van der Waals surface area (Å²) in [7, 11) is 0. The van der Waals surface area contributed by atoms with Gasteiger partial charge in [0.15, 0.2) is 0 Å². The molecule has 6 nitrogen and oxygen atoms in total. The number of amides is 1. The topological polar surface area (TPSA) is 98.3 Å². The number of nitrogens with zero attached hydrogens (tertiary/aromatic N) is 1. The maximum atomic E-state index is 11.8. The summed E-state index contributed by atoms with van der Waals surface area (Å²) in [5, 5.41) is 13.5. The van der Waals surface area contributed by atoms with Gasteiger partial charge < -0.3 is 11.1 Å². The Morgan fingerprint density at radius 1 is 1.38 bits per heavy atom. The minimum Gasteiger partial charge on any atom is -0.354 e. The summed E-state index contributed by atoms with van der Waals surface area (Å²) in [6.07, 6.45) is 1.67. The highest BCUT2D eigenvalue weighted by atomic mass is 35.5. The predicted octanol–water partition coefficient (Wildman–Crippen LogP) is 2.19. The molecule has 3 N–H and O–H groups in total. The molecule has 7 heteroatoms. The van der Waals surface area contributed by atoms with E-state index in [1.807, 2.05) is 13.8 Å². The fourth-order valence-corrected chi connectivity index (χ4v) is 1.80. The number of carbonyl (C=O) groups is 1. The van der Waals surface area contributed by atoms with Crippen molar-refractivity contribution in [2.75, 3.05) is 6.54 Å². The van der Waals surface area contributed by atoms with Crippen molar-refractivity contribution < 1.29 is 9.72 Å². The summed E-state index contributed by atoms with van der Waals surface area (Å²) in [5.74, 6) is -0.178. The maximum absolute atomic E-state index is 11.8. The number of hydrogen-bond acceptors (Lipinski definition) is 4. The lowest BCUT2D eigenvalue weighted by Gasteiger charge is -2.26. The van der Waals surface area contributed by atoms with Crippen LogP contribution in [-0.2, 0) is 11.2 Å². The minimum atomic E-state index is -0.472. The average Bonchev–Trinajstić information content (AvgIpc) is 2.45. The molecule has 0 saturated carbocycles. The molecule has 0 spiro atoms. The van der Waals surface area contributed by atoms with E-state index < -0.39 is 10.5 Å². The molecule has 0 saturated heterocycles. The lowest BCUT2D eigenvalue weighted by molar-refractivity contribution is -0.384. The zero-order valence-electron chi connectivity index (χ0n) is 12.3. The van der Waals surface area contributed by atoms with E-state index in [9.17, 15) is 14.9 Å². The van der Waals surface area contributed by atoms with Crippen LogP contribution in [0, 0.1) is 10.1 Å². The Labute approximate surface area is 130 Å². The van der Waals surface area contributed by atoms with E-state index in [1.54, 1.807) is 12.1 Å². The number of nitro groups is 1. The predicted molar refractivity (Wildman–Crippen MR) is 84.6 cm³/mol. The number of nitro benzene ring substituents is 1. The van der Waals surface area contributed by atoms with Crippen molar-refractivity contribution in [3.63, 3.8) is 0 Å². The van der Waals surface area contributed by atoms with Gasteiger partial charge >= 0.3 is 0 Å². The van der Waals surface area contributed by atoms with Crippen LogP contribution in [0.2, 0.25) is 0 Å². The fourth-order valence-electron chi connectivity index (χ4n) is 1.80. The van der Waals surface area contributed by atoms with E-state index >= 15 is 0 Å². The Balaban J connectivity index is 0.00000400. The van der Waals surface area contributed by atoms with Crippen LogP contribution in [0.25, 0.3) is 0 Å². The van der Waals surface area contributed by atoms with E-state index in [1.165, 1.54) is 12.1 Å². The van der Waals surface area contributed by atoms with Crippen molar-refractivity contribution in [2.24, 2.45) is 5.73 Å². The van der Waals surface area contributed by atoms with Gasteiger partial charge in [0.25, 0.3) is 5.69 Å². The first-order valence-corrected chi connectivity index (χ1v) is 6.69. The first-order chi connectivity index (χ1) is 9.40. The van der Waals surface area contributed by atoms with Crippen LogP contribution in [-0.4, -0.2) is 22.9 Å². The van der Waals surface area contributed by atoms with E-state index in [0.29, 0.717) is 12.1 Å². The molecule has 0 aliphatic carbocycles. The lowest BCUT2D eigenvalue weighted by Crippen LogP contribution is -2.49. The molecule has 0 aliphatic rings. The number of non-ortho nitro benzene ring substituents is 1.